The quantitative estimate of drug-likeness (QED) is 0.423. The van der Waals surface area contributed by atoms with Crippen molar-refractivity contribution in [3.8, 4) is 16.8 Å². The molecule has 4 aromatic heterocycles. The first-order chi connectivity index (χ1) is 16.6. The summed E-state index contributed by atoms with van der Waals surface area (Å²) in [5.41, 5.74) is 10.7. The minimum absolute atomic E-state index is 0.250. The van der Waals surface area contributed by atoms with E-state index in [4.69, 9.17) is 5.73 Å². The van der Waals surface area contributed by atoms with E-state index in [2.05, 4.69) is 31.3 Å². The minimum Gasteiger partial charge on any atom is -0.383 e. The number of fused-ring (bicyclic) bond motifs is 2. The summed E-state index contributed by atoms with van der Waals surface area (Å²) in [5, 5.41) is 10.2. The van der Waals surface area contributed by atoms with Crippen LogP contribution in [0.5, 0.6) is 0 Å². The maximum atomic E-state index is 14.2. The number of para-hydroxylation sites is 2. The van der Waals surface area contributed by atoms with E-state index >= 15 is 0 Å². The van der Waals surface area contributed by atoms with Crippen molar-refractivity contribution < 1.29 is 4.39 Å². The fraction of sp³-hybridized carbons (Fsp3) is 0.0800. The largest absolute Gasteiger partial charge is 0.383 e. The molecule has 1 unspecified atom stereocenters. The average Bonchev–Trinajstić information content (AvgIpc) is 3.50. The van der Waals surface area contributed by atoms with Crippen LogP contribution in [-0.4, -0.2) is 34.5 Å². The Morgan fingerprint density at radius 1 is 0.971 bits per heavy atom. The predicted molar refractivity (Wildman–Crippen MR) is 128 cm³/mol. The molecule has 0 aliphatic rings. The van der Waals surface area contributed by atoms with Gasteiger partial charge < -0.3 is 10.3 Å². The molecule has 4 heterocycles. The van der Waals surface area contributed by atoms with Crippen LogP contribution in [0.25, 0.3) is 38.8 Å². The van der Waals surface area contributed by atoms with Crippen LogP contribution in [0.2, 0.25) is 0 Å². The van der Waals surface area contributed by atoms with Crippen molar-refractivity contribution in [3.63, 3.8) is 0 Å². The molecular formula is C25H19FN8. The molecule has 0 bridgehead atoms. The van der Waals surface area contributed by atoms with E-state index in [0.29, 0.717) is 22.8 Å². The van der Waals surface area contributed by atoms with E-state index in [0.717, 1.165) is 27.4 Å². The number of halogens is 1. The molecule has 0 amide bonds. The van der Waals surface area contributed by atoms with E-state index in [9.17, 15) is 4.39 Å². The number of benzene rings is 2. The van der Waals surface area contributed by atoms with Crippen molar-refractivity contribution in [3.05, 3.63) is 91.0 Å². The van der Waals surface area contributed by atoms with Crippen molar-refractivity contribution in [2.24, 2.45) is 0 Å². The molecule has 0 aliphatic carbocycles. The first-order valence-corrected chi connectivity index (χ1v) is 10.7. The molecule has 0 fully saturated rings. The second-order valence-electron chi connectivity index (χ2n) is 8.04. The maximum absolute atomic E-state index is 14.2. The van der Waals surface area contributed by atoms with Gasteiger partial charge in [0.1, 0.15) is 35.0 Å². The van der Waals surface area contributed by atoms with E-state index in [1.165, 1.54) is 17.1 Å². The van der Waals surface area contributed by atoms with Gasteiger partial charge in [-0.3, -0.25) is 4.98 Å². The molecule has 0 spiro atoms. The zero-order valence-electron chi connectivity index (χ0n) is 18.2. The molecule has 2 N–H and O–H groups in total. The smallest absolute Gasteiger partial charge is 0.148 e. The van der Waals surface area contributed by atoms with Crippen molar-refractivity contribution in [2.75, 3.05) is 5.73 Å². The summed E-state index contributed by atoms with van der Waals surface area (Å²) in [6.45, 7) is 1.98. The lowest BCUT2D eigenvalue weighted by Crippen LogP contribution is -2.07. The molecule has 34 heavy (non-hydrogen) atoms. The Morgan fingerprint density at radius 3 is 2.68 bits per heavy atom. The van der Waals surface area contributed by atoms with Crippen LogP contribution in [0.1, 0.15) is 18.7 Å². The molecule has 6 rings (SSSR count). The Morgan fingerprint density at radius 2 is 1.79 bits per heavy atom. The summed E-state index contributed by atoms with van der Waals surface area (Å²) in [6, 6.07) is 16.2. The molecule has 8 nitrogen and oxygen atoms in total. The van der Waals surface area contributed by atoms with Gasteiger partial charge in [-0.2, -0.15) is 0 Å². The molecule has 0 aliphatic heterocycles. The number of anilines is 1. The van der Waals surface area contributed by atoms with Crippen LogP contribution in [0.3, 0.4) is 0 Å². The highest BCUT2D eigenvalue weighted by Gasteiger charge is 2.21. The second kappa shape index (κ2) is 7.73. The SMILES string of the molecule is CC(c1cn(-c2ccccc2F)nn1)n1cc(-c2cnc3ccccc3c2)c2c(N)ncnc21. The minimum atomic E-state index is -0.371. The topological polar surface area (TPSA) is 100 Å². The fourth-order valence-corrected chi connectivity index (χ4v) is 4.21. The molecule has 166 valence electrons. The van der Waals surface area contributed by atoms with Gasteiger partial charge in [-0.1, -0.05) is 35.5 Å². The number of pyridine rings is 1. The van der Waals surface area contributed by atoms with Crippen LogP contribution in [0, 0.1) is 5.82 Å². The number of nitrogens with zero attached hydrogens (tertiary/aromatic N) is 7. The lowest BCUT2D eigenvalue weighted by atomic mass is 10.1. The van der Waals surface area contributed by atoms with Gasteiger partial charge in [0.05, 0.1) is 23.1 Å². The Balaban J connectivity index is 1.48. The predicted octanol–water partition coefficient (Wildman–Crippen LogP) is 4.56. The highest BCUT2D eigenvalue weighted by molar-refractivity contribution is 6.01. The zero-order chi connectivity index (χ0) is 23.2. The summed E-state index contributed by atoms with van der Waals surface area (Å²) < 4.78 is 17.6. The van der Waals surface area contributed by atoms with Gasteiger partial charge in [0.2, 0.25) is 0 Å². The fourth-order valence-electron chi connectivity index (χ4n) is 4.21. The summed E-state index contributed by atoms with van der Waals surface area (Å²) in [4.78, 5) is 13.3. The van der Waals surface area contributed by atoms with Crippen molar-refractivity contribution in [1.82, 2.24) is 34.5 Å². The molecular weight excluding hydrogens is 431 g/mol. The van der Waals surface area contributed by atoms with Gasteiger partial charge in [0.15, 0.2) is 0 Å². The lowest BCUT2D eigenvalue weighted by Gasteiger charge is -2.11. The molecule has 1 atom stereocenters. The maximum Gasteiger partial charge on any atom is 0.148 e. The number of nitrogens with two attached hydrogens (primary N) is 1. The van der Waals surface area contributed by atoms with Crippen LogP contribution < -0.4 is 5.73 Å². The van der Waals surface area contributed by atoms with Gasteiger partial charge in [0, 0.05) is 28.9 Å². The number of nitrogen functional groups attached to an aromatic ring is 1. The number of rotatable bonds is 4. The second-order valence-corrected chi connectivity index (χ2v) is 8.04. The van der Waals surface area contributed by atoms with Crippen molar-refractivity contribution in [2.45, 2.75) is 13.0 Å². The average molecular weight is 450 g/mol. The third-order valence-electron chi connectivity index (χ3n) is 6.00. The number of hydrogen-bond acceptors (Lipinski definition) is 6. The van der Waals surface area contributed by atoms with Gasteiger partial charge in [-0.15, -0.1) is 5.10 Å². The zero-order valence-corrected chi connectivity index (χ0v) is 18.2. The van der Waals surface area contributed by atoms with E-state index in [1.807, 2.05) is 48.1 Å². The molecule has 0 saturated heterocycles. The van der Waals surface area contributed by atoms with Crippen LogP contribution in [0.15, 0.2) is 79.5 Å². The van der Waals surface area contributed by atoms with E-state index in [-0.39, 0.29) is 11.9 Å². The van der Waals surface area contributed by atoms with Crippen molar-refractivity contribution >= 4 is 27.8 Å². The summed E-state index contributed by atoms with van der Waals surface area (Å²) in [7, 11) is 0. The Kier molecular flexibility index (Phi) is 4.54. The summed E-state index contributed by atoms with van der Waals surface area (Å²) >= 11 is 0. The highest BCUT2D eigenvalue weighted by atomic mass is 19.1. The summed E-state index contributed by atoms with van der Waals surface area (Å²) in [5.74, 6) is 0.0127. The molecule has 2 aromatic carbocycles. The van der Waals surface area contributed by atoms with Crippen LogP contribution >= 0.6 is 0 Å². The molecule has 0 saturated carbocycles. The van der Waals surface area contributed by atoms with Crippen LogP contribution in [0.4, 0.5) is 10.2 Å². The monoisotopic (exact) mass is 450 g/mol. The van der Waals surface area contributed by atoms with Gasteiger partial charge in [-0.25, -0.2) is 19.0 Å². The standard InChI is InChI=1S/C25H19FN8/c1-15(21-13-34(32-31-21)22-9-5-3-7-19(22)26)33-12-18(23-24(27)29-14-30-25(23)33)17-10-16-6-2-4-8-20(16)28-11-17/h2-15H,1H3,(H2,27,29,30). The van der Waals surface area contributed by atoms with Crippen molar-refractivity contribution in [1.29, 1.82) is 0 Å². The van der Waals surface area contributed by atoms with Gasteiger partial charge >= 0.3 is 0 Å². The Labute approximate surface area is 193 Å². The van der Waals surface area contributed by atoms with E-state index in [1.54, 1.807) is 24.4 Å². The lowest BCUT2D eigenvalue weighted by molar-refractivity contribution is 0.607. The molecule has 9 heteroatoms. The molecule has 0 radical (unpaired) electrons. The normalized spacial score (nSPS) is 12.4. The third-order valence-corrected chi connectivity index (χ3v) is 6.00. The third kappa shape index (κ3) is 3.17. The van der Waals surface area contributed by atoms with E-state index < -0.39 is 0 Å². The van der Waals surface area contributed by atoms with Gasteiger partial charge in [-0.05, 0) is 31.2 Å². The highest BCUT2D eigenvalue weighted by Crippen LogP contribution is 2.36. The first-order valence-electron chi connectivity index (χ1n) is 10.7. The molecule has 6 aromatic rings. The number of aromatic nitrogens is 7. The summed E-state index contributed by atoms with van der Waals surface area (Å²) in [6.07, 6.45) is 6.97. The Bertz CT molecular complexity index is 1670. The number of hydrogen-bond donors (Lipinski definition) is 1. The van der Waals surface area contributed by atoms with Gasteiger partial charge in [0.25, 0.3) is 0 Å². The first kappa shape index (κ1) is 20.0. The van der Waals surface area contributed by atoms with Crippen LogP contribution in [-0.2, 0) is 0 Å². The Hall–Kier alpha value is -4.66.